The number of nitrogens with one attached hydrogen (secondary N) is 1. The van der Waals surface area contributed by atoms with Gasteiger partial charge in [-0.25, -0.2) is 0 Å². The Kier molecular flexibility index (Phi) is 4.21. The zero-order valence-corrected chi connectivity index (χ0v) is 9.91. The molecule has 2 saturated heterocycles. The molecule has 2 atom stereocenters. The van der Waals surface area contributed by atoms with Crippen LogP contribution in [0, 0.1) is 0 Å². The van der Waals surface area contributed by atoms with E-state index in [9.17, 15) is 0 Å². The highest BCUT2D eigenvalue weighted by molar-refractivity contribution is 4.94. The number of fused-ring (bicyclic) bond motifs is 1. The van der Waals surface area contributed by atoms with E-state index in [4.69, 9.17) is 0 Å². The molecule has 2 heteroatoms. The molecule has 2 rings (SSSR count). The molecule has 2 unspecified atom stereocenters. The summed E-state index contributed by atoms with van der Waals surface area (Å²) in [7, 11) is 0. The second-order valence-electron chi connectivity index (χ2n) is 4.81. The van der Waals surface area contributed by atoms with Gasteiger partial charge < -0.3 is 5.32 Å². The van der Waals surface area contributed by atoms with Crippen molar-refractivity contribution in [3.63, 3.8) is 0 Å². The molecule has 0 saturated carbocycles. The summed E-state index contributed by atoms with van der Waals surface area (Å²) < 4.78 is 0. The van der Waals surface area contributed by atoms with Crippen LogP contribution in [0.15, 0.2) is 12.2 Å². The number of allylic oxidation sites excluding steroid dienone is 1. The number of rotatable bonds is 4. The smallest absolute Gasteiger partial charge is 0.0249 e. The van der Waals surface area contributed by atoms with Crippen molar-refractivity contribution in [1.29, 1.82) is 0 Å². The van der Waals surface area contributed by atoms with Gasteiger partial charge in [0.15, 0.2) is 0 Å². The SMILES string of the molecule is C/C=C/CCNC1CCN2CCCCC12. The van der Waals surface area contributed by atoms with Gasteiger partial charge in [0.1, 0.15) is 0 Å². The average Bonchev–Trinajstić information content (AvgIpc) is 2.68. The molecular formula is C13H24N2. The maximum atomic E-state index is 3.72. The highest BCUT2D eigenvalue weighted by Gasteiger charge is 2.34. The third-order valence-corrected chi connectivity index (χ3v) is 3.81. The molecule has 0 spiro atoms. The van der Waals surface area contributed by atoms with Crippen LogP contribution in [0.25, 0.3) is 0 Å². The van der Waals surface area contributed by atoms with Gasteiger partial charge in [0.2, 0.25) is 0 Å². The van der Waals surface area contributed by atoms with E-state index in [1.165, 1.54) is 45.2 Å². The molecule has 1 N–H and O–H groups in total. The summed E-state index contributed by atoms with van der Waals surface area (Å²) in [6, 6.07) is 1.62. The molecule has 0 aromatic rings. The summed E-state index contributed by atoms with van der Waals surface area (Å²) in [5, 5.41) is 3.72. The molecule has 0 aromatic carbocycles. The van der Waals surface area contributed by atoms with Crippen LogP contribution >= 0.6 is 0 Å². The van der Waals surface area contributed by atoms with Crippen molar-refractivity contribution in [1.82, 2.24) is 10.2 Å². The van der Waals surface area contributed by atoms with Gasteiger partial charge in [-0.15, -0.1) is 0 Å². The summed E-state index contributed by atoms with van der Waals surface area (Å²) in [6.45, 7) is 5.92. The second kappa shape index (κ2) is 5.66. The van der Waals surface area contributed by atoms with Gasteiger partial charge in [-0.05, 0) is 45.7 Å². The van der Waals surface area contributed by atoms with E-state index in [2.05, 4.69) is 29.3 Å². The molecule has 0 radical (unpaired) electrons. The lowest BCUT2D eigenvalue weighted by molar-refractivity contribution is 0.181. The van der Waals surface area contributed by atoms with Gasteiger partial charge in [0, 0.05) is 18.6 Å². The Morgan fingerprint density at radius 3 is 3.07 bits per heavy atom. The Balaban J connectivity index is 1.73. The molecule has 0 amide bonds. The van der Waals surface area contributed by atoms with Crippen LogP contribution < -0.4 is 5.32 Å². The Bertz CT molecular complexity index is 213. The first-order chi connectivity index (χ1) is 7.42. The van der Waals surface area contributed by atoms with Crippen molar-refractivity contribution in [2.75, 3.05) is 19.6 Å². The van der Waals surface area contributed by atoms with E-state index in [-0.39, 0.29) is 0 Å². The van der Waals surface area contributed by atoms with Crippen molar-refractivity contribution in [2.45, 2.75) is 51.1 Å². The van der Waals surface area contributed by atoms with Gasteiger partial charge in [-0.3, -0.25) is 4.90 Å². The highest BCUT2D eigenvalue weighted by atomic mass is 15.2. The predicted octanol–water partition coefficient (Wildman–Crippen LogP) is 2.17. The quantitative estimate of drug-likeness (QED) is 0.562. The third-order valence-electron chi connectivity index (χ3n) is 3.81. The zero-order chi connectivity index (χ0) is 10.5. The second-order valence-corrected chi connectivity index (χ2v) is 4.81. The third kappa shape index (κ3) is 2.82. The largest absolute Gasteiger partial charge is 0.312 e. The fourth-order valence-corrected chi connectivity index (χ4v) is 3.00. The van der Waals surface area contributed by atoms with E-state index in [0.29, 0.717) is 0 Å². The summed E-state index contributed by atoms with van der Waals surface area (Å²) >= 11 is 0. The Labute approximate surface area is 93.7 Å². The first kappa shape index (κ1) is 11.2. The van der Waals surface area contributed by atoms with E-state index in [0.717, 1.165) is 18.6 Å². The molecule has 2 nitrogen and oxygen atoms in total. The Morgan fingerprint density at radius 1 is 1.27 bits per heavy atom. The monoisotopic (exact) mass is 208 g/mol. The molecule has 2 fully saturated rings. The predicted molar refractivity (Wildman–Crippen MR) is 65.1 cm³/mol. The van der Waals surface area contributed by atoms with E-state index in [1.807, 2.05) is 0 Å². The standard InChI is InChI=1S/C13H24N2/c1-2-3-5-9-14-12-8-11-15-10-6-4-7-13(12)15/h2-3,12-14H,4-11H2,1H3/b3-2+. The van der Waals surface area contributed by atoms with Gasteiger partial charge >= 0.3 is 0 Å². The number of piperidine rings is 1. The highest BCUT2D eigenvalue weighted by Crippen LogP contribution is 2.26. The maximum absolute atomic E-state index is 3.72. The summed E-state index contributed by atoms with van der Waals surface area (Å²) in [6.07, 6.45) is 11.2. The minimum absolute atomic E-state index is 0.774. The normalized spacial score (nSPS) is 32.3. The molecular weight excluding hydrogens is 184 g/mol. The molecule has 0 bridgehead atoms. The van der Waals surface area contributed by atoms with Crippen LogP contribution in [-0.4, -0.2) is 36.6 Å². The van der Waals surface area contributed by atoms with Gasteiger partial charge in [-0.2, -0.15) is 0 Å². The number of hydrogen-bond acceptors (Lipinski definition) is 2. The van der Waals surface area contributed by atoms with Crippen LogP contribution in [0.5, 0.6) is 0 Å². The molecule has 2 aliphatic heterocycles. The number of hydrogen-bond donors (Lipinski definition) is 1. The van der Waals surface area contributed by atoms with Crippen molar-refractivity contribution >= 4 is 0 Å². The molecule has 0 aromatic heterocycles. The molecule has 86 valence electrons. The van der Waals surface area contributed by atoms with Crippen LogP contribution in [0.3, 0.4) is 0 Å². The lowest BCUT2D eigenvalue weighted by atomic mass is 9.99. The van der Waals surface area contributed by atoms with E-state index >= 15 is 0 Å². The van der Waals surface area contributed by atoms with Gasteiger partial charge in [0.05, 0.1) is 0 Å². The van der Waals surface area contributed by atoms with Crippen molar-refractivity contribution in [2.24, 2.45) is 0 Å². The number of nitrogens with zero attached hydrogens (tertiary/aromatic N) is 1. The zero-order valence-electron chi connectivity index (χ0n) is 9.91. The van der Waals surface area contributed by atoms with Crippen LogP contribution in [0.4, 0.5) is 0 Å². The summed E-state index contributed by atoms with van der Waals surface area (Å²) in [4.78, 5) is 2.69. The first-order valence-corrected chi connectivity index (χ1v) is 6.50. The van der Waals surface area contributed by atoms with Crippen molar-refractivity contribution in [3.8, 4) is 0 Å². The van der Waals surface area contributed by atoms with E-state index < -0.39 is 0 Å². The van der Waals surface area contributed by atoms with Crippen LogP contribution in [0.1, 0.15) is 39.0 Å². The maximum Gasteiger partial charge on any atom is 0.0249 e. The van der Waals surface area contributed by atoms with E-state index in [1.54, 1.807) is 0 Å². The molecule has 0 aliphatic carbocycles. The first-order valence-electron chi connectivity index (χ1n) is 6.50. The van der Waals surface area contributed by atoms with Crippen LogP contribution in [-0.2, 0) is 0 Å². The van der Waals surface area contributed by atoms with Crippen molar-refractivity contribution < 1.29 is 0 Å². The topological polar surface area (TPSA) is 15.3 Å². The molecule has 2 aliphatic rings. The Morgan fingerprint density at radius 2 is 2.20 bits per heavy atom. The lowest BCUT2D eigenvalue weighted by Crippen LogP contribution is -2.45. The van der Waals surface area contributed by atoms with Gasteiger partial charge in [0.25, 0.3) is 0 Å². The summed E-state index contributed by atoms with van der Waals surface area (Å²) in [5.74, 6) is 0. The lowest BCUT2D eigenvalue weighted by Gasteiger charge is -2.32. The molecule has 2 heterocycles. The van der Waals surface area contributed by atoms with Crippen LogP contribution in [0.2, 0.25) is 0 Å². The average molecular weight is 208 g/mol. The fraction of sp³-hybridized carbons (Fsp3) is 0.846. The minimum atomic E-state index is 0.774. The van der Waals surface area contributed by atoms with Crippen molar-refractivity contribution in [3.05, 3.63) is 12.2 Å². The minimum Gasteiger partial charge on any atom is -0.312 e. The Hall–Kier alpha value is -0.340. The fourth-order valence-electron chi connectivity index (χ4n) is 3.00. The molecule has 15 heavy (non-hydrogen) atoms. The summed E-state index contributed by atoms with van der Waals surface area (Å²) in [5.41, 5.74) is 0. The van der Waals surface area contributed by atoms with Gasteiger partial charge in [-0.1, -0.05) is 18.6 Å².